The van der Waals surface area contributed by atoms with Crippen molar-refractivity contribution in [3.63, 3.8) is 0 Å². The standard InChI is InChI=1S/C11H12F2N2/c12-11(13,5-6-14)9-2-1-3-10-8(9)4-7-15-10/h1-4,7,15H,5-6,14H2. The van der Waals surface area contributed by atoms with Crippen LogP contribution in [0.5, 0.6) is 0 Å². The number of hydrogen-bond donors (Lipinski definition) is 2. The van der Waals surface area contributed by atoms with Gasteiger partial charge in [-0.2, -0.15) is 0 Å². The van der Waals surface area contributed by atoms with Crippen LogP contribution in [-0.2, 0) is 5.92 Å². The summed E-state index contributed by atoms with van der Waals surface area (Å²) in [6, 6.07) is 6.51. The first kappa shape index (κ1) is 10.1. The zero-order chi connectivity index (χ0) is 10.9. The number of nitrogens with one attached hydrogen (secondary N) is 1. The van der Waals surface area contributed by atoms with E-state index in [2.05, 4.69) is 4.98 Å². The number of nitrogens with two attached hydrogens (primary N) is 1. The molecule has 0 aliphatic carbocycles. The van der Waals surface area contributed by atoms with E-state index >= 15 is 0 Å². The second kappa shape index (κ2) is 3.62. The highest BCUT2D eigenvalue weighted by Gasteiger charge is 2.32. The van der Waals surface area contributed by atoms with E-state index in [1.807, 2.05) is 0 Å². The molecule has 0 saturated heterocycles. The molecule has 0 amide bonds. The van der Waals surface area contributed by atoms with Crippen LogP contribution in [0.2, 0.25) is 0 Å². The van der Waals surface area contributed by atoms with Crippen LogP contribution in [0, 0.1) is 0 Å². The van der Waals surface area contributed by atoms with Gasteiger partial charge in [-0.15, -0.1) is 0 Å². The fourth-order valence-electron chi connectivity index (χ4n) is 1.72. The average Bonchev–Trinajstić information content (AvgIpc) is 2.64. The van der Waals surface area contributed by atoms with Gasteiger partial charge in [-0.1, -0.05) is 12.1 Å². The Bertz CT molecular complexity index is 462. The first-order chi connectivity index (χ1) is 7.15. The monoisotopic (exact) mass is 210 g/mol. The number of benzene rings is 1. The van der Waals surface area contributed by atoms with Gasteiger partial charge < -0.3 is 10.7 Å². The van der Waals surface area contributed by atoms with Gasteiger partial charge in [0.25, 0.3) is 5.92 Å². The molecule has 80 valence electrons. The highest BCUT2D eigenvalue weighted by Crippen LogP contribution is 2.35. The van der Waals surface area contributed by atoms with Crippen LogP contribution < -0.4 is 5.73 Å². The molecular formula is C11H12F2N2. The number of rotatable bonds is 3. The van der Waals surface area contributed by atoms with E-state index in [0.717, 1.165) is 5.52 Å². The van der Waals surface area contributed by atoms with Crippen molar-refractivity contribution in [2.75, 3.05) is 6.54 Å². The van der Waals surface area contributed by atoms with Crippen LogP contribution in [0.3, 0.4) is 0 Å². The summed E-state index contributed by atoms with van der Waals surface area (Å²) in [7, 11) is 0. The van der Waals surface area contributed by atoms with Gasteiger partial charge in [0.15, 0.2) is 0 Å². The molecule has 0 bridgehead atoms. The molecule has 1 aromatic heterocycles. The maximum atomic E-state index is 13.7. The minimum absolute atomic E-state index is 0.0200. The Morgan fingerprint density at radius 1 is 1.27 bits per heavy atom. The molecule has 0 spiro atoms. The van der Waals surface area contributed by atoms with E-state index < -0.39 is 5.92 Å². The summed E-state index contributed by atoms with van der Waals surface area (Å²) in [5, 5.41) is 0.566. The number of alkyl halides is 2. The Labute approximate surface area is 86.1 Å². The molecule has 0 unspecified atom stereocenters. The lowest BCUT2D eigenvalue weighted by molar-refractivity contribution is -0.00912. The molecule has 1 aromatic carbocycles. The molecule has 0 radical (unpaired) electrons. The highest BCUT2D eigenvalue weighted by molar-refractivity contribution is 5.83. The van der Waals surface area contributed by atoms with E-state index in [9.17, 15) is 8.78 Å². The lowest BCUT2D eigenvalue weighted by Gasteiger charge is -2.16. The quantitative estimate of drug-likeness (QED) is 0.803. The van der Waals surface area contributed by atoms with Crippen molar-refractivity contribution >= 4 is 10.9 Å². The fraction of sp³-hybridized carbons (Fsp3) is 0.273. The molecule has 0 atom stereocenters. The average molecular weight is 210 g/mol. The van der Waals surface area contributed by atoms with Crippen molar-refractivity contribution in [2.24, 2.45) is 5.73 Å². The fourth-order valence-corrected chi connectivity index (χ4v) is 1.72. The summed E-state index contributed by atoms with van der Waals surface area (Å²) >= 11 is 0. The number of fused-ring (bicyclic) bond motifs is 1. The van der Waals surface area contributed by atoms with Gasteiger partial charge in [0.1, 0.15) is 0 Å². The third-order valence-corrected chi connectivity index (χ3v) is 2.45. The highest BCUT2D eigenvalue weighted by atomic mass is 19.3. The van der Waals surface area contributed by atoms with Crippen molar-refractivity contribution in [1.29, 1.82) is 0 Å². The summed E-state index contributed by atoms with van der Waals surface area (Å²) in [4.78, 5) is 2.91. The lowest BCUT2D eigenvalue weighted by atomic mass is 10.0. The number of aromatic nitrogens is 1. The molecular weight excluding hydrogens is 198 g/mol. The van der Waals surface area contributed by atoms with E-state index in [1.54, 1.807) is 24.4 Å². The van der Waals surface area contributed by atoms with Crippen molar-refractivity contribution < 1.29 is 8.78 Å². The van der Waals surface area contributed by atoms with Gasteiger partial charge in [0, 0.05) is 29.1 Å². The van der Waals surface area contributed by atoms with E-state index in [1.165, 1.54) is 6.07 Å². The molecule has 0 aliphatic rings. The van der Waals surface area contributed by atoms with E-state index in [4.69, 9.17) is 5.73 Å². The van der Waals surface area contributed by atoms with Crippen LogP contribution >= 0.6 is 0 Å². The molecule has 3 N–H and O–H groups in total. The Hall–Kier alpha value is -1.42. The third-order valence-electron chi connectivity index (χ3n) is 2.45. The van der Waals surface area contributed by atoms with Crippen molar-refractivity contribution in [2.45, 2.75) is 12.3 Å². The smallest absolute Gasteiger partial charge is 0.275 e. The predicted octanol–water partition coefficient (Wildman–Crippen LogP) is 2.61. The minimum atomic E-state index is -2.85. The first-order valence-corrected chi connectivity index (χ1v) is 4.79. The Morgan fingerprint density at radius 2 is 2.07 bits per heavy atom. The molecule has 0 saturated carbocycles. The SMILES string of the molecule is NCCC(F)(F)c1cccc2[nH]ccc12. The normalized spacial score (nSPS) is 12.2. The molecule has 2 nitrogen and oxygen atoms in total. The maximum absolute atomic E-state index is 13.7. The van der Waals surface area contributed by atoms with Crippen molar-refractivity contribution in [3.05, 3.63) is 36.0 Å². The minimum Gasteiger partial charge on any atom is -0.361 e. The van der Waals surface area contributed by atoms with E-state index in [-0.39, 0.29) is 18.5 Å². The van der Waals surface area contributed by atoms with E-state index in [0.29, 0.717) is 5.39 Å². The van der Waals surface area contributed by atoms with Crippen LogP contribution in [0.15, 0.2) is 30.5 Å². The van der Waals surface area contributed by atoms with Crippen LogP contribution in [0.4, 0.5) is 8.78 Å². The first-order valence-electron chi connectivity index (χ1n) is 4.79. The Kier molecular flexibility index (Phi) is 2.44. The predicted molar refractivity (Wildman–Crippen MR) is 55.9 cm³/mol. The van der Waals surface area contributed by atoms with Gasteiger partial charge in [-0.25, -0.2) is 8.78 Å². The molecule has 15 heavy (non-hydrogen) atoms. The zero-order valence-corrected chi connectivity index (χ0v) is 8.13. The van der Waals surface area contributed by atoms with Crippen LogP contribution in [0.1, 0.15) is 12.0 Å². The van der Waals surface area contributed by atoms with Crippen LogP contribution in [-0.4, -0.2) is 11.5 Å². The molecule has 4 heteroatoms. The second-order valence-corrected chi connectivity index (χ2v) is 3.49. The Morgan fingerprint density at radius 3 is 2.80 bits per heavy atom. The summed E-state index contributed by atoms with van der Waals surface area (Å²) in [5.41, 5.74) is 5.96. The molecule has 2 aromatic rings. The summed E-state index contributed by atoms with van der Waals surface area (Å²) in [6.45, 7) is -0.0200. The molecule has 0 fully saturated rings. The molecule has 1 heterocycles. The number of aromatic amines is 1. The van der Waals surface area contributed by atoms with Gasteiger partial charge in [0.05, 0.1) is 0 Å². The lowest BCUT2D eigenvalue weighted by Crippen LogP contribution is -2.18. The summed E-state index contributed by atoms with van der Waals surface area (Å²) in [6.07, 6.45) is 1.34. The summed E-state index contributed by atoms with van der Waals surface area (Å²) < 4.78 is 27.3. The number of H-pyrrole nitrogens is 1. The summed E-state index contributed by atoms with van der Waals surface area (Å²) in [5.74, 6) is -2.85. The molecule has 2 rings (SSSR count). The van der Waals surface area contributed by atoms with Gasteiger partial charge in [-0.3, -0.25) is 0 Å². The van der Waals surface area contributed by atoms with Crippen molar-refractivity contribution in [1.82, 2.24) is 4.98 Å². The Balaban J connectivity index is 2.55. The maximum Gasteiger partial charge on any atom is 0.275 e. The number of hydrogen-bond acceptors (Lipinski definition) is 1. The topological polar surface area (TPSA) is 41.8 Å². The van der Waals surface area contributed by atoms with Crippen molar-refractivity contribution in [3.8, 4) is 0 Å². The van der Waals surface area contributed by atoms with Gasteiger partial charge >= 0.3 is 0 Å². The third kappa shape index (κ3) is 1.72. The zero-order valence-electron chi connectivity index (χ0n) is 8.13. The second-order valence-electron chi connectivity index (χ2n) is 3.49. The van der Waals surface area contributed by atoms with Gasteiger partial charge in [-0.05, 0) is 18.7 Å². The number of halogens is 2. The molecule has 0 aliphatic heterocycles. The van der Waals surface area contributed by atoms with Gasteiger partial charge in [0.2, 0.25) is 0 Å². The largest absolute Gasteiger partial charge is 0.361 e. The van der Waals surface area contributed by atoms with Crippen LogP contribution in [0.25, 0.3) is 10.9 Å².